The van der Waals surface area contributed by atoms with Crippen molar-refractivity contribution in [3.05, 3.63) is 28.0 Å². The molecule has 0 atom stereocenters. The number of nitriles is 1. The molecule has 1 aromatic rings. The lowest BCUT2D eigenvalue weighted by molar-refractivity contribution is -0.131. The average Bonchev–Trinajstić information content (AvgIpc) is 2.86. The van der Waals surface area contributed by atoms with Crippen molar-refractivity contribution in [1.82, 2.24) is 4.90 Å². The van der Waals surface area contributed by atoms with E-state index in [9.17, 15) is 4.79 Å². The van der Waals surface area contributed by atoms with Crippen LogP contribution in [0, 0.1) is 11.3 Å². The molecule has 0 bridgehead atoms. The lowest BCUT2D eigenvalue weighted by atomic mass is 10.2. The van der Waals surface area contributed by atoms with Gasteiger partial charge in [0.1, 0.15) is 0 Å². The van der Waals surface area contributed by atoms with Gasteiger partial charge in [0.25, 0.3) is 0 Å². The molecule has 0 radical (unpaired) electrons. The molecule has 6 heteroatoms. The van der Waals surface area contributed by atoms with E-state index in [2.05, 4.69) is 11.0 Å². The molecule has 0 fully saturated rings. The van der Waals surface area contributed by atoms with Crippen LogP contribution >= 0.6 is 11.3 Å². The largest absolute Gasteiger partial charge is 0.478 e. The number of hydrogen-bond acceptors (Lipinski definition) is 5. The molecule has 0 spiro atoms. The molecule has 1 N–H and O–H groups in total. The number of methoxy groups -OCH3 is 1. The fourth-order valence-corrected chi connectivity index (χ4v) is 2.60. The van der Waals surface area contributed by atoms with E-state index >= 15 is 0 Å². The Morgan fingerprint density at radius 1 is 1.60 bits per heavy atom. The summed E-state index contributed by atoms with van der Waals surface area (Å²) in [4.78, 5) is 13.8. The van der Waals surface area contributed by atoms with Gasteiger partial charge in [0.05, 0.1) is 12.7 Å². The van der Waals surface area contributed by atoms with Gasteiger partial charge in [-0.3, -0.25) is 4.90 Å². The summed E-state index contributed by atoms with van der Waals surface area (Å²) in [5.41, 5.74) is 0.914. The Morgan fingerprint density at radius 3 is 3.05 bits per heavy atom. The molecule has 0 aliphatic rings. The van der Waals surface area contributed by atoms with Crippen LogP contribution in [0.15, 0.2) is 17.5 Å². The van der Waals surface area contributed by atoms with E-state index in [-0.39, 0.29) is 0 Å². The maximum atomic E-state index is 10.6. The number of hydrogen-bond donors (Lipinski definition) is 1. The standard InChI is InChI=1S/C14H18N2O3S/c1-19-9-8-16(7-2-6-15)11-13-12(5-10-20-13)3-4-14(17)18/h3-5,10H,2,7-9,11H2,1H3,(H,17,18). The Labute approximate surface area is 122 Å². The van der Waals surface area contributed by atoms with Crippen LogP contribution in [0.4, 0.5) is 0 Å². The van der Waals surface area contributed by atoms with Gasteiger partial charge in [0.15, 0.2) is 0 Å². The molecular formula is C14H18N2O3S. The van der Waals surface area contributed by atoms with Gasteiger partial charge in [0.2, 0.25) is 0 Å². The highest BCUT2D eigenvalue weighted by molar-refractivity contribution is 7.10. The van der Waals surface area contributed by atoms with E-state index in [1.165, 1.54) is 0 Å². The minimum absolute atomic E-state index is 0.468. The second-order valence-corrected chi connectivity index (χ2v) is 5.15. The zero-order valence-corrected chi connectivity index (χ0v) is 12.2. The highest BCUT2D eigenvalue weighted by atomic mass is 32.1. The molecule has 1 aromatic heterocycles. The van der Waals surface area contributed by atoms with E-state index in [0.29, 0.717) is 26.1 Å². The Balaban J connectivity index is 2.70. The smallest absolute Gasteiger partial charge is 0.328 e. The molecule has 0 amide bonds. The Kier molecular flexibility index (Phi) is 7.58. The second kappa shape index (κ2) is 9.26. The van der Waals surface area contributed by atoms with Crippen molar-refractivity contribution in [3.8, 4) is 6.07 Å². The van der Waals surface area contributed by atoms with Gasteiger partial charge in [-0.05, 0) is 23.1 Å². The first-order valence-corrected chi connectivity index (χ1v) is 7.11. The first kappa shape index (κ1) is 16.4. The van der Waals surface area contributed by atoms with Crippen molar-refractivity contribution in [3.63, 3.8) is 0 Å². The van der Waals surface area contributed by atoms with Crippen LogP contribution in [0.5, 0.6) is 0 Å². The van der Waals surface area contributed by atoms with Crippen molar-refractivity contribution in [1.29, 1.82) is 5.26 Å². The number of aliphatic carboxylic acids is 1. The highest BCUT2D eigenvalue weighted by Crippen LogP contribution is 2.20. The van der Waals surface area contributed by atoms with Gasteiger partial charge in [-0.15, -0.1) is 11.3 Å². The summed E-state index contributed by atoms with van der Waals surface area (Å²) in [5.74, 6) is -0.956. The maximum Gasteiger partial charge on any atom is 0.328 e. The molecule has 108 valence electrons. The number of thiophene rings is 1. The molecule has 0 aliphatic heterocycles. The van der Waals surface area contributed by atoms with Crippen molar-refractivity contribution < 1.29 is 14.6 Å². The van der Waals surface area contributed by atoms with Crippen LogP contribution in [0.2, 0.25) is 0 Å². The normalized spacial score (nSPS) is 11.1. The molecule has 1 heterocycles. The predicted octanol–water partition coefficient (Wildman–Crippen LogP) is 2.21. The first-order valence-electron chi connectivity index (χ1n) is 6.23. The average molecular weight is 294 g/mol. The van der Waals surface area contributed by atoms with Crippen molar-refractivity contribution in [2.45, 2.75) is 13.0 Å². The molecule has 1 rings (SSSR count). The molecule has 0 saturated carbocycles. The first-order chi connectivity index (χ1) is 9.67. The SMILES string of the molecule is COCCN(CCC#N)Cc1sccc1C=CC(=O)O. The predicted molar refractivity (Wildman–Crippen MR) is 78.4 cm³/mol. The summed E-state index contributed by atoms with van der Waals surface area (Å²) in [7, 11) is 1.65. The number of ether oxygens (including phenoxy) is 1. The number of carboxylic acids is 1. The Morgan fingerprint density at radius 2 is 2.40 bits per heavy atom. The molecular weight excluding hydrogens is 276 g/mol. The van der Waals surface area contributed by atoms with Gasteiger partial charge in [-0.25, -0.2) is 4.79 Å². The number of rotatable bonds is 9. The van der Waals surface area contributed by atoms with Crippen molar-refractivity contribution in [2.24, 2.45) is 0 Å². The summed E-state index contributed by atoms with van der Waals surface area (Å²) in [6.45, 7) is 2.73. The van der Waals surface area contributed by atoms with Gasteiger partial charge < -0.3 is 9.84 Å². The maximum absolute atomic E-state index is 10.6. The number of carboxylic acid groups (broad SMARTS) is 1. The van der Waals surface area contributed by atoms with Crippen LogP contribution in [0.1, 0.15) is 16.9 Å². The van der Waals surface area contributed by atoms with Crippen LogP contribution < -0.4 is 0 Å². The Hall–Kier alpha value is -1.68. The summed E-state index contributed by atoms with van der Waals surface area (Å²) in [5, 5.41) is 19.3. The van der Waals surface area contributed by atoms with E-state index < -0.39 is 5.97 Å². The van der Waals surface area contributed by atoms with Crippen LogP contribution in [-0.4, -0.2) is 42.8 Å². The van der Waals surface area contributed by atoms with E-state index in [0.717, 1.165) is 23.1 Å². The van der Waals surface area contributed by atoms with E-state index in [1.807, 2.05) is 11.4 Å². The summed E-state index contributed by atoms with van der Waals surface area (Å²) < 4.78 is 5.07. The fraction of sp³-hybridized carbons (Fsp3) is 0.429. The minimum Gasteiger partial charge on any atom is -0.478 e. The van der Waals surface area contributed by atoms with Crippen LogP contribution in [0.3, 0.4) is 0 Å². The monoisotopic (exact) mass is 294 g/mol. The zero-order valence-electron chi connectivity index (χ0n) is 11.4. The molecule has 0 saturated heterocycles. The highest BCUT2D eigenvalue weighted by Gasteiger charge is 2.09. The fourth-order valence-electron chi connectivity index (χ4n) is 1.69. The lowest BCUT2D eigenvalue weighted by Gasteiger charge is -2.20. The third kappa shape index (κ3) is 5.97. The van der Waals surface area contributed by atoms with Gasteiger partial charge in [-0.2, -0.15) is 5.26 Å². The molecule has 0 aromatic carbocycles. The van der Waals surface area contributed by atoms with Gasteiger partial charge >= 0.3 is 5.97 Å². The van der Waals surface area contributed by atoms with Crippen LogP contribution in [0.25, 0.3) is 6.08 Å². The third-order valence-corrected chi connectivity index (χ3v) is 3.63. The minimum atomic E-state index is -0.956. The quantitative estimate of drug-likeness (QED) is 0.707. The lowest BCUT2D eigenvalue weighted by Crippen LogP contribution is -2.27. The van der Waals surface area contributed by atoms with E-state index in [1.54, 1.807) is 24.5 Å². The van der Waals surface area contributed by atoms with Gasteiger partial charge in [-0.1, -0.05) is 0 Å². The Bertz CT molecular complexity index is 491. The summed E-state index contributed by atoms with van der Waals surface area (Å²) in [6, 6.07) is 4.04. The van der Waals surface area contributed by atoms with Crippen molar-refractivity contribution >= 4 is 23.4 Å². The van der Waals surface area contributed by atoms with Crippen LogP contribution in [-0.2, 0) is 16.1 Å². The molecule has 20 heavy (non-hydrogen) atoms. The second-order valence-electron chi connectivity index (χ2n) is 4.15. The summed E-state index contributed by atoms with van der Waals surface area (Å²) in [6.07, 6.45) is 3.21. The zero-order chi connectivity index (χ0) is 14.8. The molecule has 5 nitrogen and oxygen atoms in total. The van der Waals surface area contributed by atoms with E-state index in [4.69, 9.17) is 15.1 Å². The number of nitrogens with zero attached hydrogens (tertiary/aromatic N) is 2. The topological polar surface area (TPSA) is 73.6 Å². The summed E-state index contributed by atoms with van der Waals surface area (Å²) >= 11 is 1.59. The molecule has 0 unspecified atom stereocenters. The van der Waals surface area contributed by atoms with Crippen molar-refractivity contribution in [2.75, 3.05) is 26.8 Å². The third-order valence-electron chi connectivity index (χ3n) is 2.70. The molecule has 0 aliphatic carbocycles. The number of carbonyl (C=O) groups is 1. The van der Waals surface area contributed by atoms with Gasteiger partial charge in [0, 0.05) is 44.1 Å².